The first kappa shape index (κ1) is 21.5. The van der Waals surface area contributed by atoms with E-state index in [1.807, 2.05) is 36.4 Å². The summed E-state index contributed by atoms with van der Waals surface area (Å²) in [6.07, 6.45) is -0.542. The fraction of sp³-hybridized carbons (Fsp3) is 0.304. The number of alkyl carbamates (subject to hydrolysis) is 1. The average molecular weight is 438 g/mol. The molecule has 0 aromatic heterocycles. The normalized spacial score (nSPS) is 14.8. The summed E-state index contributed by atoms with van der Waals surface area (Å²) >= 11 is 0. The largest absolute Gasteiger partial charge is 0.449 e. The van der Waals surface area contributed by atoms with Crippen molar-refractivity contribution in [2.24, 2.45) is 0 Å². The van der Waals surface area contributed by atoms with Crippen molar-refractivity contribution in [3.63, 3.8) is 0 Å². The molecule has 1 N–H and O–H groups in total. The molecule has 1 aliphatic heterocycles. The molecule has 9 nitrogen and oxygen atoms in total. The second-order valence-electron chi connectivity index (χ2n) is 7.35. The van der Waals surface area contributed by atoms with Crippen LogP contribution in [0.15, 0.2) is 48.5 Å². The molecule has 2 aromatic carbocycles. The summed E-state index contributed by atoms with van der Waals surface area (Å²) in [6, 6.07) is 16.1. The second-order valence-corrected chi connectivity index (χ2v) is 7.35. The number of nitrogens with zero attached hydrogens (tertiary/aromatic N) is 1. The van der Waals surface area contributed by atoms with Gasteiger partial charge >= 0.3 is 12.1 Å². The molecule has 2 aromatic rings. The summed E-state index contributed by atoms with van der Waals surface area (Å²) in [7, 11) is 0. The third-order valence-electron chi connectivity index (χ3n) is 5.28. The molecule has 9 heteroatoms. The van der Waals surface area contributed by atoms with Crippen molar-refractivity contribution in [1.29, 1.82) is 0 Å². The van der Waals surface area contributed by atoms with Crippen LogP contribution in [0.25, 0.3) is 11.1 Å². The molecule has 2 aliphatic rings. The first-order chi connectivity index (χ1) is 15.5. The highest BCUT2D eigenvalue weighted by Gasteiger charge is 2.33. The van der Waals surface area contributed by atoms with Crippen LogP contribution >= 0.6 is 0 Å². The maximum atomic E-state index is 12.1. The van der Waals surface area contributed by atoms with Gasteiger partial charge in [-0.2, -0.15) is 0 Å². The van der Waals surface area contributed by atoms with Gasteiger partial charge in [-0.15, -0.1) is 5.06 Å². The zero-order valence-electron chi connectivity index (χ0n) is 17.2. The molecule has 3 amide bonds. The van der Waals surface area contributed by atoms with Crippen LogP contribution in [0.5, 0.6) is 0 Å². The van der Waals surface area contributed by atoms with Gasteiger partial charge in [0.05, 0.1) is 6.61 Å². The van der Waals surface area contributed by atoms with Crippen LogP contribution < -0.4 is 5.32 Å². The fourth-order valence-corrected chi connectivity index (χ4v) is 3.82. The Labute approximate surface area is 184 Å². The summed E-state index contributed by atoms with van der Waals surface area (Å²) in [5.74, 6) is -2.01. The predicted octanol–water partition coefficient (Wildman–Crippen LogP) is 2.15. The molecule has 1 aliphatic carbocycles. The molecule has 166 valence electrons. The number of ether oxygens (including phenoxy) is 2. The smallest absolute Gasteiger partial charge is 0.407 e. The van der Waals surface area contributed by atoms with Crippen molar-refractivity contribution in [2.75, 3.05) is 26.4 Å². The lowest BCUT2D eigenvalue weighted by Gasteiger charge is -2.15. The number of rotatable bonds is 8. The van der Waals surface area contributed by atoms with Crippen LogP contribution in [0.4, 0.5) is 4.79 Å². The molecule has 0 saturated carbocycles. The number of carbonyl (C=O) groups is 4. The summed E-state index contributed by atoms with van der Waals surface area (Å²) in [4.78, 5) is 51.1. The van der Waals surface area contributed by atoms with Gasteiger partial charge in [-0.25, -0.2) is 9.59 Å². The van der Waals surface area contributed by atoms with Gasteiger partial charge < -0.3 is 19.6 Å². The molecule has 0 atom stereocenters. The lowest BCUT2D eigenvalue weighted by Crippen LogP contribution is -2.34. The number of fused-ring (bicyclic) bond motifs is 3. The highest BCUT2D eigenvalue weighted by atomic mass is 16.7. The van der Waals surface area contributed by atoms with Gasteiger partial charge in [-0.1, -0.05) is 48.5 Å². The van der Waals surface area contributed by atoms with Crippen LogP contribution in [0.1, 0.15) is 29.9 Å². The third kappa shape index (κ3) is 4.62. The number of hydrogen-bond acceptors (Lipinski definition) is 7. The number of hydrogen-bond donors (Lipinski definition) is 1. The van der Waals surface area contributed by atoms with Gasteiger partial charge in [0, 0.05) is 25.3 Å². The van der Waals surface area contributed by atoms with Gasteiger partial charge in [0.2, 0.25) is 0 Å². The number of carbonyl (C=O) groups excluding carboxylic acids is 4. The van der Waals surface area contributed by atoms with Crippen molar-refractivity contribution in [2.45, 2.75) is 18.8 Å². The van der Waals surface area contributed by atoms with E-state index in [2.05, 4.69) is 22.3 Å². The Morgan fingerprint density at radius 2 is 1.53 bits per heavy atom. The Kier molecular flexibility index (Phi) is 6.46. The van der Waals surface area contributed by atoms with Gasteiger partial charge in [0.25, 0.3) is 11.8 Å². The molecule has 1 fully saturated rings. The van der Waals surface area contributed by atoms with Gasteiger partial charge in [-0.3, -0.25) is 9.59 Å². The quantitative estimate of drug-likeness (QED) is 0.497. The molecule has 0 spiro atoms. The van der Waals surface area contributed by atoms with Gasteiger partial charge in [0.1, 0.15) is 13.2 Å². The molecule has 0 bridgehead atoms. The lowest BCUT2D eigenvalue weighted by molar-refractivity contribution is -0.200. The zero-order chi connectivity index (χ0) is 22.5. The van der Waals surface area contributed by atoms with Gasteiger partial charge in [0.15, 0.2) is 0 Å². The number of hydroxylamine groups is 2. The van der Waals surface area contributed by atoms with Crippen molar-refractivity contribution in [1.82, 2.24) is 10.4 Å². The summed E-state index contributed by atoms with van der Waals surface area (Å²) in [6.45, 7) is -0.110. The molecule has 1 heterocycles. The first-order valence-electron chi connectivity index (χ1n) is 10.3. The van der Waals surface area contributed by atoms with E-state index in [-0.39, 0.29) is 38.5 Å². The fourth-order valence-electron chi connectivity index (χ4n) is 3.82. The van der Waals surface area contributed by atoms with Crippen molar-refractivity contribution >= 4 is 23.9 Å². The van der Waals surface area contributed by atoms with Crippen LogP contribution in [0, 0.1) is 0 Å². The Hall–Kier alpha value is -3.72. The van der Waals surface area contributed by atoms with E-state index in [1.165, 1.54) is 0 Å². The van der Waals surface area contributed by atoms with Crippen molar-refractivity contribution in [3.05, 3.63) is 59.7 Å². The Bertz CT molecular complexity index is 991. The monoisotopic (exact) mass is 438 g/mol. The molecule has 0 radical (unpaired) electrons. The van der Waals surface area contributed by atoms with E-state index in [1.54, 1.807) is 0 Å². The number of nitrogens with one attached hydrogen (secondary N) is 1. The maximum absolute atomic E-state index is 12.1. The molecule has 4 rings (SSSR count). The van der Waals surface area contributed by atoms with Crippen molar-refractivity contribution < 1.29 is 33.5 Å². The SMILES string of the molecule is O=C(COCCNC(=O)OCC1c2ccccc2-c2ccccc21)ON1C(=O)CCC1=O. The minimum absolute atomic E-state index is 0.0248. The molecule has 0 unspecified atom stereocenters. The minimum Gasteiger partial charge on any atom is -0.449 e. The minimum atomic E-state index is -0.866. The van der Waals surface area contributed by atoms with Crippen molar-refractivity contribution in [3.8, 4) is 11.1 Å². The number of amides is 3. The van der Waals surface area contributed by atoms with E-state index in [0.29, 0.717) is 5.06 Å². The Morgan fingerprint density at radius 1 is 0.938 bits per heavy atom. The summed E-state index contributed by atoms with van der Waals surface area (Å²) in [5.41, 5.74) is 4.54. The van der Waals surface area contributed by atoms with Gasteiger partial charge in [-0.05, 0) is 22.3 Å². The van der Waals surface area contributed by atoms with E-state index >= 15 is 0 Å². The summed E-state index contributed by atoms with van der Waals surface area (Å²) < 4.78 is 10.5. The van der Waals surface area contributed by atoms with Crippen LogP contribution in [0.2, 0.25) is 0 Å². The third-order valence-corrected chi connectivity index (χ3v) is 5.28. The van der Waals surface area contributed by atoms with E-state index < -0.39 is 30.5 Å². The van der Waals surface area contributed by atoms with E-state index in [9.17, 15) is 19.2 Å². The standard InChI is InChI=1S/C23H22N2O7/c26-20-9-10-21(27)25(20)32-22(28)14-30-12-11-24-23(29)31-13-19-17-7-3-1-5-15(17)16-6-2-4-8-18(16)19/h1-8,19H,9-14H2,(H,24,29). The lowest BCUT2D eigenvalue weighted by atomic mass is 9.98. The molecular formula is C23H22N2O7. The average Bonchev–Trinajstić information content (AvgIpc) is 3.29. The number of imide groups is 1. The van der Waals surface area contributed by atoms with Crippen LogP contribution in [0.3, 0.4) is 0 Å². The van der Waals surface area contributed by atoms with Crippen LogP contribution in [-0.2, 0) is 28.7 Å². The Balaban J connectivity index is 1.17. The predicted molar refractivity (Wildman–Crippen MR) is 111 cm³/mol. The number of benzene rings is 2. The zero-order valence-corrected chi connectivity index (χ0v) is 17.2. The van der Waals surface area contributed by atoms with E-state index in [4.69, 9.17) is 9.47 Å². The first-order valence-corrected chi connectivity index (χ1v) is 10.3. The summed E-state index contributed by atoms with van der Waals surface area (Å²) in [5, 5.41) is 3.02. The maximum Gasteiger partial charge on any atom is 0.407 e. The highest BCUT2D eigenvalue weighted by Crippen LogP contribution is 2.44. The van der Waals surface area contributed by atoms with Crippen LogP contribution in [-0.4, -0.2) is 55.3 Å². The second kappa shape index (κ2) is 9.61. The van der Waals surface area contributed by atoms with E-state index in [0.717, 1.165) is 22.3 Å². The highest BCUT2D eigenvalue weighted by molar-refractivity contribution is 6.01. The Morgan fingerprint density at radius 3 is 2.16 bits per heavy atom. The topological polar surface area (TPSA) is 111 Å². The molecule has 1 saturated heterocycles. The molecule has 32 heavy (non-hydrogen) atoms. The molecular weight excluding hydrogens is 416 g/mol.